The average Bonchev–Trinajstić information content (AvgIpc) is 3.95. The van der Waals surface area contributed by atoms with Gasteiger partial charge in [-0.2, -0.15) is 8.61 Å². The zero-order valence-corrected chi connectivity index (χ0v) is 40.9. The molecule has 0 bridgehead atoms. The van der Waals surface area contributed by atoms with Crippen molar-refractivity contribution in [3.05, 3.63) is 151 Å². The number of hydrogen-bond acceptors (Lipinski definition) is 10. The van der Waals surface area contributed by atoms with Gasteiger partial charge < -0.3 is 9.80 Å². The molecule has 4 heterocycles. The summed E-state index contributed by atoms with van der Waals surface area (Å²) in [5, 5.41) is 7.45. The Balaban J connectivity index is 0.000000186. The van der Waals surface area contributed by atoms with E-state index >= 15 is 0 Å². The SMILES string of the molecule is O=S(=O)(c1ccc(CBr)cc1)N1CCN(c2nc(Cc3cc(F)cc(Cl)c3)cs2)CC1.O=S(=O)(c1ccc(CBr)cc1)N1CCN(c2nc(Cc3ccc(Cl)c(F)c3)cs2)CC1. The first-order valence-corrected chi connectivity index (χ1v) is 26.9. The molecule has 0 aliphatic carbocycles. The lowest BCUT2D eigenvalue weighted by molar-refractivity contribution is 0.384. The number of rotatable bonds is 12. The van der Waals surface area contributed by atoms with Gasteiger partial charge in [0.15, 0.2) is 10.3 Å². The topological polar surface area (TPSA) is 107 Å². The second kappa shape index (κ2) is 20.9. The first-order valence-electron chi connectivity index (χ1n) is 19.3. The molecule has 0 amide bonds. The largest absolute Gasteiger partial charge is 0.345 e. The van der Waals surface area contributed by atoms with Crippen LogP contribution in [0.15, 0.2) is 105 Å². The van der Waals surface area contributed by atoms with Crippen molar-refractivity contribution in [3.63, 3.8) is 0 Å². The molecule has 2 saturated heterocycles. The monoisotopic (exact) mass is 1090 g/mol. The molecule has 2 aromatic heterocycles. The molecule has 8 rings (SSSR count). The Kier molecular flexibility index (Phi) is 15.8. The summed E-state index contributed by atoms with van der Waals surface area (Å²) >= 11 is 21.4. The molecular formula is C42H40Br2Cl2F2N6O4S4. The van der Waals surface area contributed by atoms with E-state index in [1.807, 2.05) is 35.0 Å². The maximum atomic E-state index is 13.7. The van der Waals surface area contributed by atoms with Crippen LogP contribution in [0.25, 0.3) is 0 Å². The van der Waals surface area contributed by atoms with Gasteiger partial charge in [0.1, 0.15) is 11.6 Å². The summed E-state index contributed by atoms with van der Waals surface area (Å²) in [6, 6.07) is 23.1. The van der Waals surface area contributed by atoms with E-state index in [1.54, 1.807) is 42.5 Å². The van der Waals surface area contributed by atoms with Crippen LogP contribution in [0.4, 0.5) is 19.0 Å². The Labute approximate surface area is 395 Å². The van der Waals surface area contributed by atoms with Crippen molar-refractivity contribution >= 4 is 108 Å². The second-order valence-corrected chi connectivity index (χ2v) is 22.0. The molecule has 2 aliphatic rings. The van der Waals surface area contributed by atoms with Crippen molar-refractivity contribution in [1.82, 2.24) is 18.6 Å². The summed E-state index contributed by atoms with van der Waals surface area (Å²) in [6.07, 6.45) is 1.01. The summed E-state index contributed by atoms with van der Waals surface area (Å²) in [6.45, 7) is 3.88. The minimum Gasteiger partial charge on any atom is -0.345 e. The number of aromatic nitrogens is 2. The number of piperazine rings is 2. The van der Waals surface area contributed by atoms with Gasteiger partial charge in [0.25, 0.3) is 0 Å². The number of alkyl halides is 2. The predicted molar refractivity (Wildman–Crippen MR) is 253 cm³/mol. The predicted octanol–water partition coefficient (Wildman–Crippen LogP) is 9.86. The van der Waals surface area contributed by atoms with E-state index in [0.717, 1.165) is 43.9 Å². The van der Waals surface area contributed by atoms with Crippen LogP contribution in [0, 0.1) is 11.6 Å². The minimum atomic E-state index is -3.51. The Hall–Kier alpha value is -3.04. The summed E-state index contributed by atoms with van der Waals surface area (Å²) < 4.78 is 82.0. The highest BCUT2D eigenvalue weighted by Crippen LogP contribution is 2.29. The summed E-state index contributed by atoms with van der Waals surface area (Å²) in [5.74, 6) is -0.800. The molecule has 10 nitrogen and oxygen atoms in total. The maximum absolute atomic E-state index is 13.7. The fraction of sp³-hybridized carbons (Fsp3) is 0.286. The summed E-state index contributed by atoms with van der Waals surface area (Å²) in [7, 11) is -7.02. The van der Waals surface area contributed by atoms with Crippen LogP contribution in [-0.2, 0) is 43.5 Å². The zero-order chi connectivity index (χ0) is 44.0. The van der Waals surface area contributed by atoms with Gasteiger partial charge in [-0.15, -0.1) is 22.7 Å². The molecule has 0 radical (unpaired) electrons. The van der Waals surface area contributed by atoms with Crippen LogP contribution in [0.3, 0.4) is 0 Å². The molecule has 328 valence electrons. The molecule has 0 unspecified atom stereocenters. The Bertz CT molecular complexity index is 2680. The third kappa shape index (κ3) is 11.6. The normalized spacial score (nSPS) is 15.4. The Morgan fingerprint density at radius 2 is 1.00 bits per heavy atom. The molecule has 2 aliphatic heterocycles. The number of hydrogen-bond donors (Lipinski definition) is 0. The van der Waals surface area contributed by atoms with Crippen molar-refractivity contribution in [3.8, 4) is 0 Å². The minimum absolute atomic E-state index is 0.106. The first kappa shape index (κ1) is 46.9. The highest BCUT2D eigenvalue weighted by Gasteiger charge is 2.31. The number of anilines is 2. The Morgan fingerprint density at radius 1 is 0.565 bits per heavy atom. The van der Waals surface area contributed by atoms with E-state index in [2.05, 4.69) is 51.6 Å². The van der Waals surface area contributed by atoms with Crippen molar-refractivity contribution < 1.29 is 25.6 Å². The molecule has 20 heteroatoms. The van der Waals surface area contributed by atoms with Crippen LogP contribution in [0.2, 0.25) is 10.0 Å². The molecule has 62 heavy (non-hydrogen) atoms. The van der Waals surface area contributed by atoms with Crippen molar-refractivity contribution in [2.45, 2.75) is 33.3 Å². The quantitative estimate of drug-likeness (QED) is 0.112. The van der Waals surface area contributed by atoms with Crippen LogP contribution in [0.5, 0.6) is 0 Å². The van der Waals surface area contributed by atoms with Crippen molar-refractivity contribution in [1.29, 1.82) is 0 Å². The van der Waals surface area contributed by atoms with Gasteiger partial charge in [-0.3, -0.25) is 0 Å². The molecule has 6 aromatic rings. The number of sulfonamides is 2. The lowest BCUT2D eigenvalue weighted by atomic mass is 10.1. The van der Waals surface area contributed by atoms with Crippen LogP contribution in [0.1, 0.15) is 33.6 Å². The number of halogens is 6. The smallest absolute Gasteiger partial charge is 0.243 e. The fourth-order valence-corrected chi connectivity index (χ4v) is 12.6. The number of thiazole rings is 2. The van der Waals surface area contributed by atoms with E-state index in [9.17, 15) is 25.6 Å². The van der Waals surface area contributed by atoms with Crippen LogP contribution >= 0.6 is 77.7 Å². The highest BCUT2D eigenvalue weighted by molar-refractivity contribution is 9.08. The molecule has 4 aromatic carbocycles. The van der Waals surface area contributed by atoms with Crippen molar-refractivity contribution in [2.24, 2.45) is 0 Å². The molecule has 0 atom stereocenters. The van der Waals surface area contributed by atoms with E-state index in [-0.39, 0.29) is 10.8 Å². The second-order valence-electron chi connectivity index (χ2n) is 14.5. The van der Waals surface area contributed by atoms with E-state index in [4.69, 9.17) is 23.2 Å². The first-order chi connectivity index (χ1) is 29.7. The van der Waals surface area contributed by atoms with Gasteiger partial charge in [0.05, 0.1) is 26.2 Å². The van der Waals surface area contributed by atoms with Gasteiger partial charge in [0.2, 0.25) is 20.0 Å². The molecule has 0 N–H and O–H groups in total. The van der Waals surface area contributed by atoms with E-state index in [1.165, 1.54) is 49.5 Å². The molecular weight excluding hydrogens is 1050 g/mol. The van der Waals surface area contributed by atoms with Gasteiger partial charge in [0, 0.05) is 91.6 Å². The lowest BCUT2D eigenvalue weighted by Crippen LogP contribution is -2.48. The van der Waals surface area contributed by atoms with Crippen molar-refractivity contribution in [2.75, 3.05) is 62.2 Å². The maximum Gasteiger partial charge on any atom is 0.243 e. The number of nitrogens with zero attached hydrogens (tertiary/aromatic N) is 6. The molecule has 0 saturated carbocycles. The summed E-state index contributed by atoms with van der Waals surface area (Å²) in [4.78, 5) is 14.1. The summed E-state index contributed by atoms with van der Waals surface area (Å²) in [5.41, 5.74) is 5.32. The Morgan fingerprint density at radius 3 is 1.42 bits per heavy atom. The zero-order valence-electron chi connectivity index (χ0n) is 32.9. The molecule has 0 spiro atoms. The lowest BCUT2D eigenvalue weighted by Gasteiger charge is -2.33. The standard InChI is InChI=1S/2C21H20BrClFN3O2S2/c22-13-15-1-4-18(5-2-15)31(28,29)27-9-7-26(8-10-27)21-25-17(14-30-21)11-16-3-6-19(23)20(24)12-16;22-13-15-1-3-20(4-2-15)31(28,29)27-7-5-26(6-8-27)21-25-19(14-30-21)11-16-9-17(23)12-18(24)10-16/h1-6,12,14H,7-11,13H2;1-4,9-10,12,14H,5-8,11,13H2. The van der Waals surface area contributed by atoms with Crippen LogP contribution < -0.4 is 9.80 Å². The fourth-order valence-electron chi connectivity index (χ4n) is 6.86. The average molecular weight is 1090 g/mol. The van der Waals surface area contributed by atoms with Gasteiger partial charge in [-0.1, -0.05) is 85.4 Å². The third-order valence-corrected chi connectivity index (χ3v) is 17.8. The van der Waals surface area contributed by atoms with E-state index < -0.39 is 25.9 Å². The highest BCUT2D eigenvalue weighted by atomic mass is 79.9. The molecule has 2 fully saturated rings. The van der Waals surface area contributed by atoms with Crippen LogP contribution in [-0.4, -0.2) is 87.8 Å². The van der Waals surface area contributed by atoms with Gasteiger partial charge in [-0.05, 0) is 76.9 Å². The number of benzene rings is 4. The van der Waals surface area contributed by atoms with Gasteiger partial charge >= 0.3 is 0 Å². The van der Waals surface area contributed by atoms with E-state index in [0.29, 0.717) is 90.7 Å². The third-order valence-electron chi connectivity index (χ3n) is 10.2. The van der Waals surface area contributed by atoms with Gasteiger partial charge in [-0.25, -0.2) is 35.6 Å².